The summed E-state index contributed by atoms with van der Waals surface area (Å²) in [6, 6.07) is 26.0. The molecule has 0 bridgehead atoms. The van der Waals surface area contributed by atoms with Gasteiger partial charge in [0.25, 0.3) is 0 Å². The van der Waals surface area contributed by atoms with Gasteiger partial charge in [-0.3, -0.25) is 9.80 Å². The van der Waals surface area contributed by atoms with E-state index in [1.165, 1.54) is 5.56 Å². The number of ether oxygens (including phenoxy) is 2. The van der Waals surface area contributed by atoms with Crippen LogP contribution in [0.2, 0.25) is 0 Å². The van der Waals surface area contributed by atoms with Gasteiger partial charge in [0.15, 0.2) is 6.29 Å². The number of rotatable bonds is 9. The number of urea groups is 1. The highest BCUT2D eigenvalue weighted by Crippen LogP contribution is 2.38. The van der Waals surface area contributed by atoms with Crippen LogP contribution in [0.5, 0.6) is 0 Å². The average molecular weight is 545 g/mol. The van der Waals surface area contributed by atoms with Crippen LogP contribution in [-0.2, 0) is 22.6 Å². The Hall–Kier alpha value is -3.27. The van der Waals surface area contributed by atoms with Crippen molar-refractivity contribution in [1.29, 1.82) is 0 Å². The number of benzene rings is 3. The second-order valence-electron chi connectivity index (χ2n) is 10.5. The van der Waals surface area contributed by atoms with E-state index in [1.54, 1.807) is 0 Å². The van der Waals surface area contributed by atoms with Crippen molar-refractivity contribution in [2.75, 3.05) is 44.6 Å². The Morgan fingerprint density at radius 2 is 1.52 bits per heavy atom. The maximum absolute atomic E-state index is 11.9. The first-order chi connectivity index (χ1) is 19.6. The lowest BCUT2D eigenvalue weighted by Crippen LogP contribution is -2.49. The maximum Gasteiger partial charge on any atom is 0.319 e. The van der Waals surface area contributed by atoms with E-state index in [4.69, 9.17) is 9.47 Å². The number of aliphatic hydroxyl groups excluding tert-OH is 1. The normalized spacial score (nSPS) is 22.1. The molecule has 2 saturated heterocycles. The van der Waals surface area contributed by atoms with E-state index in [-0.39, 0.29) is 24.8 Å². The summed E-state index contributed by atoms with van der Waals surface area (Å²) in [4.78, 5) is 16.9. The van der Waals surface area contributed by atoms with Gasteiger partial charge in [0.2, 0.25) is 0 Å². The predicted octanol–water partition coefficient (Wildman–Crippen LogP) is 4.68. The molecule has 0 saturated carbocycles. The Morgan fingerprint density at radius 3 is 2.20 bits per heavy atom. The third-order valence-corrected chi connectivity index (χ3v) is 7.57. The number of nitrogens with zero attached hydrogens (tertiary/aromatic N) is 2. The van der Waals surface area contributed by atoms with Crippen LogP contribution in [0.1, 0.15) is 48.0 Å². The molecule has 2 aliphatic heterocycles. The summed E-state index contributed by atoms with van der Waals surface area (Å²) >= 11 is 0. The van der Waals surface area contributed by atoms with Crippen LogP contribution in [0.15, 0.2) is 78.9 Å². The van der Waals surface area contributed by atoms with Crippen LogP contribution in [0.25, 0.3) is 0 Å². The Kier molecular flexibility index (Phi) is 9.81. The van der Waals surface area contributed by atoms with Crippen molar-refractivity contribution in [3.05, 3.63) is 101 Å². The van der Waals surface area contributed by atoms with E-state index < -0.39 is 6.29 Å². The smallest absolute Gasteiger partial charge is 0.319 e. The summed E-state index contributed by atoms with van der Waals surface area (Å²) < 4.78 is 13.0. The zero-order valence-electron chi connectivity index (χ0n) is 23.2. The van der Waals surface area contributed by atoms with Gasteiger partial charge < -0.3 is 25.2 Å². The SMILES string of the molecule is CCNC(=O)Nc1ccc([C@@H]2O[C@H](CN3CCN(Cc4ccccc4)CC3)C[C@H](c3ccc(CO)cc3)O2)cc1. The molecule has 2 aliphatic rings. The second-order valence-corrected chi connectivity index (χ2v) is 10.5. The predicted molar refractivity (Wildman–Crippen MR) is 156 cm³/mol. The molecule has 2 amide bonds. The molecule has 3 aromatic rings. The van der Waals surface area contributed by atoms with E-state index in [2.05, 4.69) is 50.8 Å². The molecule has 40 heavy (non-hydrogen) atoms. The fourth-order valence-electron chi connectivity index (χ4n) is 5.35. The fourth-order valence-corrected chi connectivity index (χ4v) is 5.35. The minimum atomic E-state index is -0.515. The first-order valence-electron chi connectivity index (χ1n) is 14.2. The van der Waals surface area contributed by atoms with Crippen LogP contribution in [0.3, 0.4) is 0 Å². The van der Waals surface area contributed by atoms with Crippen LogP contribution in [0.4, 0.5) is 10.5 Å². The Labute approximate surface area is 236 Å². The summed E-state index contributed by atoms with van der Waals surface area (Å²) in [7, 11) is 0. The van der Waals surface area contributed by atoms with E-state index in [0.29, 0.717) is 12.2 Å². The van der Waals surface area contributed by atoms with Gasteiger partial charge in [-0.1, -0.05) is 66.7 Å². The van der Waals surface area contributed by atoms with Crippen molar-refractivity contribution in [1.82, 2.24) is 15.1 Å². The number of amides is 2. The largest absolute Gasteiger partial charge is 0.392 e. The van der Waals surface area contributed by atoms with Crippen LogP contribution in [-0.4, -0.2) is 66.3 Å². The molecule has 0 unspecified atom stereocenters. The van der Waals surface area contributed by atoms with Gasteiger partial charge in [-0.15, -0.1) is 0 Å². The van der Waals surface area contributed by atoms with Gasteiger partial charge in [-0.05, 0) is 35.7 Å². The molecule has 8 nitrogen and oxygen atoms in total. The minimum absolute atomic E-state index is 0.00933. The monoisotopic (exact) mass is 544 g/mol. The lowest BCUT2D eigenvalue weighted by atomic mass is 9.99. The molecule has 3 N–H and O–H groups in total. The Bertz CT molecular complexity index is 1200. The molecule has 212 valence electrons. The van der Waals surface area contributed by atoms with Crippen LogP contribution >= 0.6 is 0 Å². The molecule has 0 aliphatic carbocycles. The number of hydrogen-bond acceptors (Lipinski definition) is 6. The zero-order valence-corrected chi connectivity index (χ0v) is 23.2. The molecule has 3 aromatic carbocycles. The van der Waals surface area contributed by atoms with Gasteiger partial charge >= 0.3 is 6.03 Å². The van der Waals surface area contributed by atoms with Gasteiger partial charge in [0.05, 0.1) is 18.8 Å². The number of carbonyl (C=O) groups excluding carboxylic acids is 1. The number of carbonyl (C=O) groups is 1. The molecule has 2 fully saturated rings. The number of hydrogen-bond donors (Lipinski definition) is 3. The highest BCUT2D eigenvalue weighted by Gasteiger charge is 2.33. The quantitative estimate of drug-likeness (QED) is 0.363. The summed E-state index contributed by atoms with van der Waals surface area (Å²) in [6.45, 7) is 8.40. The average Bonchev–Trinajstić information content (AvgIpc) is 2.99. The van der Waals surface area contributed by atoms with E-state index in [0.717, 1.165) is 62.4 Å². The van der Waals surface area contributed by atoms with Crippen molar-refractivity contribution in [3.63, 3.8) is 0 Å². The van der Waals surface area contributed by atoms with Gasteiger partial charge in [0.1, 0.15) is 0 Å². The Morgan fingerprint density at radius 1 is 0.850 bits per heavy atom. The molecule has 5 rings (SSSR count). The first kappa shape index (κ1) is 28.3. The number of anilines is 1. The van der Waals surface area contributed by atoms with Gasteiger partial charge in [0, 0.05) is 63.5 Å². The first-order valence-corrected chi connectivity index (χ1v) is 14.2. The van der Waals surface area contributed by atoms with E-state index in [1.807, 2.05) is 55.5 Å². The van der Waals surface area contributed by atoms with Crippen molar-refractivity contribution in [2.45, 2.75) is 45.0 Å². The topological polar surface area (TPSA) is 86.3 Å². The lowest BCUT2D eigenvalue weighted by Gasteiger charge is -2.40. The van der Waals surface area contributed by atoms with Crippen LogP contribution < -0.4 is 10.6 Å². The van der Waals surface area contributed by atoms with E-state index >= 15 is 0 Å². The molecule has 8 heteroatoms. The summed E-state index contributed by atoms with van der Waals surface area (Å²) in [5.41, 5.74) is 4.95. The third-order valence-electron chi connectivity index (χ3n) is 7.57. The molecule has 0 aromatic heterocycles. The van der Waals surface area contributed by atoms with E-state index in [9.17, 15) is 9.90 Å². The highest BCUT2D eigenvalue weighted by atomic mass is 16.7. The van der Waals surface area contributed by atoms with Crippen molar-refractivity contribution in [3.8, 4) is 0 Å². The summed E-state index contributed by atoms with van der Waals surface area (Å²) in [5.74, 6) is 0. The standard InChI is InChI=1S/C32H40N4O4/c1-2-33-32(38)34-28-14-12-27(13-15-28)31-39-29(20-30(40-31)26-10-8-25(23-37)9-11-26)22-36-18-16-35(17-19-36)21-24-6-4-3-5-7-24/h3-15,29-31,37H,2,16-23H2,1H3,(H2,33,34,38)/t29-,30+,31+/m0/s1. The summed E-state index contributed by atoms with van der Waals surface area (Å²) in [5, 5.41) is 15.0. The number of aliphatic hydroxyl groups is 1. The molecule has 0 radical (unpaired) electrons. The molecule has 3 atom stereocenters. The number of piperazine rings is 1. The fraction of sp³-hybridized carbons (Fsp3) is 0.406. The van der Waals surface area contributed by atoms with Crippen molar-refractivity contribution >= 4 is 11.7 Å². The zero-order chi connectivity index (χ0) is 27.7. The van der Waals surface area contributed by atoms with Crippen molar-refractivity contribution in [2.24, 2.45) is 0 Å². The molecule has 0 spiro atoms. The molecular weight excluding hydrogens is 504 g/mol. The second kappa shape index (κ2) is 13.9. The maximum atomic E-state index is 11.9. The van der Waals surface area contributed by atoms with Gasteiger partial charge in [-0.2, -0.15) is 0 Å². The van der Waals surface area contributed by atoms with Crippen LogP contribution in [0, 0.1) is 0 Å². The summed E-state index contributed by atoms with van der Waals surface area (Å²) in [6.07, 6.45) is 0.133. The third kappa shape index (κ3) is 7.68. The number of nitrogens with one attached hydrogen (secondary N) is 2. The minimum Gasteiger partial charge on any atom is -0.392 e. The highest BCUT2D eigenvalue weighted by molar-refractivity contribution is 5.89. The molecule has 2 heterocycles. The van der Waals surface area contributed by atoms with Gasteiger partial charge in [-0.25, -0.2) is 4.79 Å². The Balaban J connectivity index is 1.24. The van der Waals surface area contributed by atoms with Crippen molar-refractivity contribution < 1.29 is 19.4 Å². The lowest BCUT2D eigenvalue weighted by molar-refractivity contribution is -0.253. The molecular formula is C32H40N4O4.